The van der Waals surface area contributed by atoms with Crippen LogP contribution in [0.1, 0.15) is 23.2 Å². The van der Waals surface area contributed by atoms with Crippen molar-refractivity contribution in [2.75, 3.05) is 13.1 Å². The van der Waals surface area contributed by atoms with Crippen LogP contribution in [0.5, 0.6) is 17.2 Å². The van der Waals surface area contributed by atoms with Crippen LogP contribution in [0.2, 0.25) is 0 Å². The Kier molecular flexibility index (Phi) is 6.48. The van der Waals surface area contributed by atoms with Crippen LogP contribution >= 0.6 is 0 Å². The van der Waals surface area contributed by atoms with Gasteiger partial charge in [0.1, 0.15) is 23.4 Å². The third kappa shape index (κ3) is 5.25. The molecule has 3 aromatic carbocycles. The molecule has 0 N–H and O–H groups in total. The topological polar surface area (TPSA) is 81.9 Å². The lowest BCUT2D eigenvalue weighted by Crippen LogP contribution is -2.42. The molecule has 1 heterocycles. The van der Waals surface area contributed by atoms with Crippen molar-refractivity contribution in [1.82, 2.24) is 4.90 Å². The van der Waals surface area contributed by atoms with Crippen molar-refractivity contribution in [3.05, 3.63) is 94.0 Å². The number of hydrogen-bond donors (Lipinski definition) is 0. The summed E-state index contributed by atoms with van der Waals surface area (Å²) in [5.41, 5.74) is -0.138. The molecule has 7 nitrogen and oxygen atoms in total. The summed E-state index contributed by atoms with van der Waals surface area (Å²) < 4.78 is 38.4. The molecule has 9 heteroatoms. The van der Waals surface area contributed by atoms with Gasteiger partial charge in [-0.3, -0.25) is 14.9 Å². The van der Waals surface area contributed by atoms with E-state index in [1.165, 1.54) is 24.3 Å². The maximum atomic E-state index is 13.9. The zero-order valence-corrected chi connectivity index (χ0v) is 17.4. The number of halogens is 2. The maximum Gasteiger partial charge on any atom is 0.270 e. The van der Waals surface area contributed by atoms with Gasteiger partial charge in [-0.15, -0.1) is 0 Å². The Balaban J connectivity index is 1.48. The van der Waals surface area contributed by atoms with E-state index in [9.17, 15) is 23.7 Å². The number of nitro groups is 1. The SMILES string of the molecule is O=C(c1cc([N+](=O)[O-])ccc1Oc1ccccc1)N1CCC(Oc2ccc(F)cc2F)CC1. The van der Waals surface area contributed by atoms with Gasteiger partial charge in [0.2, 0.25) is 0 Å². The van der Waals surface area contributed by atoms with Crippen LogP contribution in [-0.2, 0) is 0 Å². The van der Waals surface area contributed by atoms with Crippen LogP contribution in [0.25, 0.3) is 0 Å². The highest BCUT2D eigenvalue weighted by Crippen LogP contribution is 2.31. The molecule has 0 aromatic heterocycles. The Hall–Kier alpha value is -4.01. The fraction of sp³-hybridized carbons (Fsp3) is 0.208. The number of amides is 1. The summed E-state index contributed by atoms with van der Waals surface area (Å²) in [5.74, 6) is -1.22. The van der Waals surface area contributed by atoms with Gasteiger partial charge in [0.15, 0.2) is 11.6 Å². The maximum absolute atomic E-state index is 13.9. The number of non-ortho nitro benzene ring substituents is 1. The minimum atomic E-state index is -0.784. The van der Waals surface area contributed by atoms with Crippen LogP contribution in [-0.4, -0.2) is 34.9 Å². The predicted molar refractivity (Wildman–Crippen MR) is 116 cm³/mol. The fourth-order valence-electron chi connectivity index (χ4n) is 3.60. The Bertz CT molecular complexity index is 1160. The highest BCUT2D eigenvalue weighted by atomic mass is 19.1. The van der Waals surface area contributed by atoms with Crippen molar-refractivity contribution in [2.45, 2.75) is 18.9 Å². The molecule has 3 aromatic rings. The van der Waals surface area contributed by atoms with E-state index in [0.29, 0.717) is 31.7 Å². The van der Waals surface area contributed by atoms with Crippen LogP contribution in [0.3, 0.4) is 0 Å². The first-order chi connectivity index (χ1) is 15.9. The van der Waals surface area contributed by atoms with Gasteiger partial charge < -0.3 is 14.4 Å². The van der Waals surface area contributed by atoms with Gasteiger partial charge in [-0.2, -0.15) is 0 Å². The fourth-order valence-corrected chi connectivity index (χ4v) is 3.60. The van der Waals surface area contributed by atoms with Crippen molar-refractivity contribution >= 4 is 11.6 Å². The van der Waals surface area contributed by atoms with E-state index in [1.54, 1.807) is 29.2 Å². The number of nitrogens with zero attached hydrogens (tertiary/aromatic N) is 2. The summed E-state index contributed by atoms with van der Waals surface area (Å²) in [4.78, 5) is 25.5. The normalized spacial score (nSPS) is 14.1. The van der Waals surface area contributed by atoms with E-state index in [-0.39, 0.29) is 28.9 Å². The molecule has 0 bridgehead atoms. The molecule has 1 fully saturated rings. The van der Waals surface area contributed by atoms with Crippen LogP contribution in [0.4, 0.5) is 14.5 Å². The minimum absolute atomic E-state index is 0.0431. The number of likely N-dealkylation sites (tertiary alicyclic amines) is 1. The van der Waals surface area contributed by atoms with E-state index < -0.39 is 22.5 Å². The highest BCUT2D eigenvalue weighted by molar-refractivity contribution is 5.97. The lowest BCUT2D eigenvalue weighted by atomic mass is 10.1. The van der Waals surface area contributed by atoms with Crippen LogP contribution < -0.4 is 9.47 Å². The van der Waals surface area contributed by atoms with Crippen molar-refractivity contribution < 1.29 is 28.0 Å². The number of rotatable bonds is 6. The monoisotopic (exact) mass is 454 g/mol. The first-order valence-corrected chi connectivity index (χ1v) is 10.3. The smallest absolute Gasteiger partial charge is 0.270 e. The summed E-state index contributed by atoms with van der Waals surface area (Å²) in [7, 11) is 0. The Morgan fingerprint density at radius 1 is 0.970 bits per heavy atom. The van der Waals surface area contributed by atoms with Crippen molar-refractivity contribution in [1.29, 1.82) is 0 Å². The molecule has 0 unspecified atom stereocenters. The lowest BCUT2D eigenvalue weighted by molar-refractivity contribution is -0.384. The molecule has 0 spiro atoms. The summed E-state index contributed by atoms with van der Waals surface area (Å²) >= 11 is 0. The molecular formula is C24H20F2N2O5. The molecule has 1 amide bonds. The molecular weight excluding hydrogens is 434 g/mol. The summed E-state index contributed by atoms with van der Waals surface area (Å²) in [6.45, 7) is 0.611. The Morgan fingerprint density at radius 2 is 1.67 bits per heavy atom. The molecule has 0 saturated carbocycles. The zero-order chi connectivity index (χ0) is 23.4. The second kappa shape index (κ2) is 9.64. The molecule has 1 aliphatic rings. The molecule has 1 aliphatic heterocycles. The standard InChI is InChI=1S/C24H20F2N2O5/c25-16-6-8-23(21(26)14-16)33-19-10-12-27(13-11-19)24(29)20-15-17(28(30)31)7-9-22(20)32-18-4-2-1-3-5-18/h1-9,14-15,19H,10-13H2. The first kappa shape index (κ1) is 22.2. The molecule has 4 rings (SSSR count). The summed E-state index contributed by atoms with van der Waals surface area (Å²) in [6, 6.07) is 15.8. The van der Waals surface area contributed by atoms with Gasteiger partial charge in [0.05, 0.1) is 10.5 Å². The van der Waals surface area contributed by atoms with E-state index >= 15 is 0 Å². The van der Waals surface area contributed by atoms with Gasteiger partial charge in [0, 0.05) is 44.1 Å². The van der Waals surface area contributed by atoms with Gasteiger partial charge in [-0.25, -0.2) is 8.78 Å². The largest absolute Gasteiger partial charge is 0.487 e. The van der Waals surface area contributed by atoms with Gasteiger partial charge in [0.25, 0.3) is 11.6 Å². The third-order valence-electron chi connectivity index (χ3n) is 5.29. The number of hydrogen-bond acceptors (Lipinski definition) is 5. The summed E-state index contributed by atoms with van der Waals surface area (Å²) in [6.07, 6.45) is 0.498. The van der Waals surface area contributed by atoms with E-state index in [4.69, 9.17) is 9.47 Å². The highest BCUT2D eigenvalue weighted by Gasteiger charge is 2.28. The van der Waals surface area contributed by atoms with Crippen LogP contribution in [0.15, 0.2) is 66.7 Å². The lowest BCUT2D eigenvalue weighted by Gasteiger charge is -2.32. The molecule has 1 saturated heterocycles. The number of piperidine rings is 1. The van der Waals surface area contributed by atoms with E-state index in [0.717, 1.165) is 12.1 Å². The molecule has 170 valence electrons. The van der Waals surface area contributed by atoms with Gasteiger partial charge in [-0.05, 0) is 30.3 Å². The summed E-state index contributed by atoms with van der Waals surface area (Å²) in [5, 5.41) is 11.3. The van der Waals surface area contributed by atoms with Crippen molar-refractivity contribution in [2.24, 2.45) is 0 Å². The Labute approximate surface area is 188 Å². The molecule has 0 aliphatic carbocycles. The molecule has 33 heavy (non-hydrogen) atoms. The van der Waals surface area contributed by atoms with Gasteiger partial charge >= 0.3 is 0 Å². The average Bonchev–Trinajstić information content (AvgIpc) is 2.82. The third-order valence-corrected chi connectivity index (χ3v) is 5.29. The quantitative estimate of drug-likeness (QED) is 0.371. The number of carbonyl (C=O) groups is 1. The number of para-hydroxylation sites is 1. The number of carbonyl (C=O) groups excluding carboxylic acids is 1. The predicted octanol–water partition coefficient (Wildman–Crippen LogP) is 5.35. The number of benzene rings is 3. The van der Waals surface area contributed by atoms with E-state index in [2.05, 4.69) is 0 Å². The number of nitro benzene ring substituents is 1. The number of ether oxygens (including phenoxy) is 2. The Morgan fingerprint density at radius 3 is 2.33 bits per heavy atom. The first-order valence-electron chi connectivity index (χ1n) is 10.3. The second-order valence-electron chi connectivity index (χ2n) is 7.54. The average molecular weight is 454 g/mol. The minimum Gasteiger partial charge on any atom is -0.487 e. The second-order valence-corrected chi connectivity index (χ2v) is 7.54. The van der Waals surface area contributed by atoms with Crippen molar-refractivity contribution in [3.8, 4) is 17.2 Å². The van der Waals surface area contributed by atoms with Crippen molar-refractivity contribution in [3.63, 3.8) is 0 Å². The van der Waals surface area contributed by atoms with Crippen LogP contribution in [0, 0.1) is 21.7 Å². The molecule has 0 radical (unpaired) electrons. The van der Waals surface area contributed by atoms with Gasteiger partial charge in [-0.1, -0.05) is 18.2 Å². The van der Waals surface area contributed by atoms with E-state index in [1.807, 2.05) is 6.07 Å². The zero-order valence-electron chi connectivity index (χ0n) is 17.4. The molecule has 0 atom stereocenters.